The van der Waals surface area contributed by atoms with E-state index in [0.29, 0.717) is 11.5 Å². The van der Waals surface area contributed by atoms with E-state index in [1.807, 2.05) is 12.1 Å². The third-order valence-corrected chi connectivity index (χ3v) is 4.97. The van der Waals surface area contributed by atoms with Crippen LogP contribution in [0.15, 0.2) is 48.5 Å². The number of nitrogens with zero attached hydrogens (tertiary/aromatic N) is 1. The normalized spacial score (nSPS) is 20.9. The summed E-state index contributed by atoms with van der Waals surface area (Å²) in [6.45, 7) is 0.893. The van der Waals surface area contributed by atoms with Crippen molar-refractivity contribution in [3.63, 3.8) is 0 Å². The van der Waals surface area contributed by atoms with Gasteiger partial charge in [-0.25, -0.2) is 0 Å². The lowest BCUT2D eigenvalue weighted by molar-refractivity contribution is 0.127. The van der Waals surface area contributed by atoms with E-state index in [4.69, 9.17) is 10.00 Å². The average Bonchev–Trinajstić information content (AvgIpc) is 2.63. The van der Waals surface area contributed by atoms with Gasteiger partial charge < -0.3 is 4.74 Å². The molecular formula is C21H23NO. The monoisotopic (exact) mass is 305 g/mol. The molecule has 0 spiro atoms. The number of hydrogen-bond donors (Lipinski definition) is 0. The summed E-state index contributed by atoms with van der Waals surface area (Å²) in [7, 11) is 1.80. The highest BCUT2D eigenvalue weighted by atomic mass is 16.5. The van der Waals surface area contributed by atoms with Gasteiger partial charge in [-0.15, -0.1) is 0 Å². The molecule has 1 saturated carbocycles. The Morgan fingerprint density at radius 3 is 2.35 bits per heavy atom. The molecule has 118 valence electrons. The van der Waals surface area contributed by atoms with Crippen molar-refractivity contribution in [2.75, 3.05) is 13.7 Å². The first-order valence-electron chi connectivity index (χ1n) is 8.40. The van der Waals surface area contributed by atoms with Gasteiger partial charge in [-0.3, -0.25) is 0 Å². The summed E-state index contributed by atoms with van der Waals surface area (Å²) in [4.78, 5) is 0. The van der Waals surface area contributed by atoms with Gasteiger partial charge in [0.25, 0.3) is 0 Å². The van der Waals surface area contributed by atoms with E-state index in [1.165, 1.54) is 42.4 Å². The fraction of sp³-hybridized carbons (Fsp3) is 0.381. The molecule has 2 aromatic rings. The van der Waals surface area contributed by atoms with Crippen LogP contribution in [0.25, 0.3) is 11.1 Å². The smallest absolute Gasteiger partial charge is 0.0991 e. The first-order valence-corrected chi connectivity index (χ1v) is 8.40. The number of ether oxygens (including phenoxy) is 1. The molecule has 0 amide bonds. The minimum Gasteiger partial charge on any atom is -0.384 e. The molecule has 0 saturated heterocycles. The summed E-state index contributed by atoms with van der Waals surface area (Å²) >= 11 is 0. The van der Waals surface area contributed by atoms with Gasteiger partial charge in [0.1, 0.15) is 0 Å². The molecule has 0 heterocycles. The van der Waals surface area contributed by atoms with Crippen molar-refractivity contribution in [3.05, 3.63) is 59.7 Å². The zero-order valence-corrected chi connectivity index (χ0v) is 13.7. The molecule has 0 radical (unpaired) electrons. The van der Waals surface area contributed by atoms with Gasteiger partial charge in [0.15, 0.2) is 0 Å². The molecule has 2 nitrogen and oxygen atoms in total. The van der Waals surface area contributed by atoms with Gasteiger partial charge in [-0.1, -0.05) is 36.4 Å². The highest BCUT2D eigenvalue weighted by molar-refractivity contribution is 5.68. The average molecular weight is 305 g/mol. The van der Waals surface area contributed by atoms with E-state index < -0.39 is 0 Å². The Morgan fingerprint density at radius 1 is 1.00 bits per heavy atom. The van der Waals surface area contributed by atoms with Crippen LogP contribution in [0.5, 0.6) is 0 Å². The van der Waals surface area contributed by atoms with Crippen LogP contribution >= 0.6 is 0 Å². The Morgan fingerprint density at radius 2 is 1.70 bits per heavy atom. The number of methoxy groups -OCH3 is 1. The fourth-order valence-corrected chi connectivity index (χ4v) is 3.72. The Labute approximate surface area is 138 Å². The van der Waals surface area contributed by atoms with Crippen LogP contribution in [-0.2, 0) is 4.74 Å². The zero-order chi connectivity index (χ0) is 16.1. The van der Waals surface area contributed by atoms with Gasteiger partial charge in [-0.2, -0.15) is 5.26 Å². The molecule has 2 aromatic carbocycles. The lowest BCUT2D eigenvalue weighted by Gasteiger charge is -2.29. The third-order valence-electron chi connectivity index (χ3n) is 4.97. The molecule has 23 heavy (non-hydrogen) atoms. The second kappa shape index (κ2) is 7.44. The fourth-order valence-electron chi connectivity index (χ4n) is 3.72. The van der Waals surface area contributed by atoms with E-state index in [1.54, 1.807) is 7.11 Å². The molecule has 0 unspecified atom stereocenters. The molecule has 2 heteroatoms. The molecule has 1 aliphatic carbocycles. The maximum atomic E-state index is 8.97. The summed E-state index contributed by atoms with van der Waals surface area (Å²) in [6, 6.07) is 18.9. The zero-order valence-electron chi connectivity index (χ0n) is 13.7. The number of hydrogen-bond acceptors (Lipinski definition) is 2. The Kier molecular flexibility index (Phi) is 5.10. The van der Waals surface area contributed by atoms with Crippen molar-refractivity contribution < 1.29 is 4.74 Å². The van der Waals surface area contributed by atoms with E-state index in [0.717, 1.165) is 12.5 Å². The number of nitriles is 1. The second-order valence-corrected chi connectivity index (χ2v) is 6.45. The van der Waals surface area contributed by atoms with Crippen molar-refractivity contribution in [2.45, 2.75) is 31.6 Å². The minimum atomic E-state index is 0.634. The van der Waals surface area contributed by atoms with Crippen LogP contribution in [0.1, 0.15) is 42.7 Å². The number of benzene rings is 2. The summed E-state index contributed by atoms with van der Waals surface area (Å²) < 4.78 is 5.31. The van der Waals surface area contributed by atoms with Crippen LogP contribution in [0.2, 0.25) is 0 Å². The summed E-state index contributed by atoms with van der Waals surface area (Å²) in [5.41, 5.74) is 4.69. The van der Waals surface area contributed by atoms with Crippen molar-refractivity contribution in [1.29, 1.82) is 5.26 Å². The summed E-state index contributed by atoms with van der Waals surface area (Å²) in [5.74, 6) is 1.35. The largest absolute Gasteiger partial charge is 0.384 e. The molecule has 1 fully saturated rings. The van der Waals surface area contributed by atoms with E-state index in [-0.39, 0.29) is 0 Å². The maximum absolute atomic E-state index is 8.97. The van der Waals surface area contributed by atoms with Crippen molar-refractivity contribution in [3.8, 4) is 17.2 Å². The second-order valence-electron chi connectivity index (χ2n) is 6.45. The first-order chi connectivity index (χ1) is 11.3. The molecule has 0 aliphatic heterocycles. The van der Waals surface area contributed by atoms with Crippen LogP contribution in [-0.4, -0.2) is 13.7 Å². The van der Waals surface area contributed by atoms with E-state index in [2.05, 4.69) is 42.5 Å². The van der Waals surface area contributed by atoms with Crippen LogP contribution < -0.4 is 0 Å². The SMILES string of the molecule is COC[C@H]1CC[C@H](c2ccccc2-c2ccc(C#N)cc2)CC1. The third kappa shape index (κ3) is 3.63. The van der Waals surface area contributed by atoms with Crippen LogP contribution in [0.3, 0.4) is 0 Å². The lowest BCUT2D eigenvalue weighted by atomic mass is 9.77. The quantitative estimate of drug-likeness (QED) is 0.783. The highest BCUT2D eigenvalue weighted by Gasteiger charge is 2.24. The molecule has 0 N–H and O–H groups in total. The van der Waals surface area contributed by atoms with Crippen LogP contribution in [0, 0.1) is 17.2 Å². The Balaban J connectivity index is 1.82. The van der Waals surface area contributed by atoms with Gasteiger partial charge in [-0.05, 0) is 66.3 Å². The first kappa shape index (κ1) is 15.8. The summed E-state index contributed by atoms with van der Waals surface area (Å²) in [5, 5.41) is 8.97. The Bertz CT molecular complexity index is 676. The minimum absolute atomic E-state index is 0.634. The maximum Gasteiger partial charge on any atom is 0.0991 e. The standard InChI is InChI=1S/C21H23NO/c1-23-15-17-8-12-19(13-9-17)21-5-3-2-4-20(21)18-10-6-16(14-22)7-11-18/h2-7,10-11,17,19H,8-9,12-13,15H2,1H3/t17-,19-. The molecule has 0 bridgehead atoms. The number of rotatable bonds is 4. The van der Waals surface area contributed by atoms with Gasteiger partial charge in [0.05, 0.1) is 11.6 Å². The lowest BCUT2D eigenvalue weighted by Crippen LogP contribution is -2.17. The van der Waals surface area contributed by atoms with Gasteiger partial charge in [0.2, 0.25) is 0 Å². The van der Waals surface area contributed by atoms with Crippen molar-refractivity contribution in [1.82, 2.24) is 0 Å². The molecule has 0 atom stereocenters. The molecule has 0 aromatic heterocycles. The predicted octanol–water partition coefficient (Wildman–Crippen LogP) is 5.15. The van der Waals surface area contributed by atoms with Crippen LogP contribution in [0.4, 0.5) is 0 Å². The highest BCUT2D eigenvalue weighted by Crippen LogP contribution is 2.39. The topological polar surface area (TPSA) is 33.0 Å². The Hall–Kier alpha value is -2.11. The van der Waals surface area contributed by atoms with Crippen molar-refractivity contribution >= 4 is 0 Å². The van der Waals surface area contributed by atoms with Crippen molar-refractivity contribution in [2.24, 2.45) is 5.92 Å². The van der Waals surface area contributed by atoms with E-state index in [9.17, 15) is 0 Å². The summed E-state index contributed by atoms with van der Waals surface area (Å²) in [6.07, 6.45) is 4.98. The van der Waals surface area contributed by atoms with E-state index >= 15 is 0 Å². The molecule has 3 rings (SSSR count). The van der Waals surface area contributed by atoms with Gasteiger partial charge >= 0.3 is 0 Å². The molecule has 1 aliphatic rings. The van der Waals surface area contributed by atoms with Gasteiger partial charge in [0, 0.05) is 13.7 Å². The molecular weight excluding hydrogens is 282 g/mol. The predicted molar refractivity (Wildman–Crippen MR) is 93.2 cm³/mol.